The lowest BCUT2D eigenvalue weighted by Crippen LogP contribution is -2.17. The lowest BCUT2D eigenvalue weighted by molar-refractivity contribution is 0.199. The Morgan fingerprint density at radius 1 is 1.25 bits per heavy atom. The van der Waals surface area contributed by atoms with Crippen LogP contribution in [0.3, 0.4) is 0 Å². The SMILES string of the molecule is COCCCS(=O)(=O)Nc1ccc(S(=O)(=O)Cl)c(C)c1. The van der Waals surface area contributed by atoms with Crippen LogP contribution in [0.5, 0.6) is 0 Å². The number of anilines is 1. The molecule has 0 fully saturated rings. The second kappa shape index (κ2) is 6.75. The number of nitrogens with one attached hydrogen (secondary N) is 1. The Bertz CT molecular complexity index is 670. The first kappa shape index (κ1) is 17.2. The van der Waals surface area contributed by atoms with E-state index >= 15 is 0 Å². The maximum absolute atomic E-state index is 11.8. The maximum atomic E-state index is 11.8. The van der Waals surface area contributed by atoms with Crippen molar-refractivity contribution < 1.29 is 21.6 Å². The summed E-state index contributed by atoms with van der Waals surface area (Å²) >= 11 is 0. The molecule has 0 aliphatic rings. The van der Waals surface area contributed by atoms with Gasteiger partial charge in [0, 0.05) is 30.1 Å². The summed E-state index contributed by atoms with van der Waals surface area (Å²) < 4.78 is 53.2. The highest BCUT2D eigenvalue weighted by Crippen LogP contribution is 2.23. The number of ether oxygens (including phenoxy) is 1. The highest BCUT2D eigenvalue weighted by molar-refractivity contribution is 8.13. The van der Waals surface area contributed by atoms with Crippen LogP contribution in [-0.4, -0.2) is 36.3 Å². The second-order valence-corrected chi connectivity index (χ2v) is 8.56. The number of hydrogen-bond donors (Lipinski definition) is 1. The number of hydrogen-bond acceptors (Lipinski definition) is 5. The molecular weight excluding hydrogens is 326 g/mol. The fourth-order valence-corrected chi connectivity index (χ4v) is 3.89. The van der Waals surface area contributed by atoms with E-state index in [0.29, 0.717) is 24.3 Å². The van der Waals surface area contributed by atoms with Crippen LogP contribution in [0.25, 0.3) is 0 Å². The van der Waals surface area contributed by atoms with Crippen molar-refractivity contribution in [3.63, 3.8) is 0 Å². The van der Waals surface area contributed by atoms with Gasteiger partial charge in [-0.3, -0.25) is 4.72 Å². The number of benzene rings is 1. The van der Waals surface area contributed by atoms with Crippen molar-refractivity contribution in [3.05, 3.63) is 23.8 Å². The van der Waals surface area contributed by atoms with E-state index in [1.807, 2.05) is 0 Å². The molecule has 0 aliphatic heterocycles. The number of halogens is 1. The van der Waals surface area contributed by atoms with E-state index in [1.165, 1.54) is 32.2 Å². The van der Waals surface area contributed by atoms with Crippen LogP contribution in [-0.2, 0) is 23.8 Å². The summed E-state index contributed by atoms with van der Waals surface area (Å²) in [6, 6.07) is 4.05. The minimum Gasteiger partial charge on any atom is -0.385 e. The minimum atomic E-state index is -3.83. The summed E-state index contributed by atoms with van der Waals surface area (Å²) in [6.45, 7) is 1.89. The average Bonchev–Trinajstić information content (AvgIpc) is 2.26. The molecule has 0 unspecified atom stereocenters. The van der Waals surface area contributed by atoms with Gasteiger partial charge in [-0.05, 0) is 37.1 Å². The smallest absolute Gasteiger partial charge is 0.261 e. The third-order valence-corrected chi connectivity index (χ3v) is 5.33. The Morgan fingerprint density at radius 3 is 2.40 bits per heavy atom. The van der Waals surface area contributed by atoms with Gasteiger partial charge in [0.15, 0.2) is 0 Å². The van der Waals surface area contributed by atoms with Gasteiger partial charge < -0.3 is 4.74 Å². The van der Waals surface area contributed by atoms with Gasteiger partial charge in [0.1, 0.15) is 0 Å². The molecule has 0 aromatic heterocycles. The van der Waals surface area contributed by atoms with Gasteiger partial charge in [0.25, 0.3) is 9.05 Å². The number of sulfonamides is 1. The highest BCUT2D eigenvalue weighted by Gasteiger charge is 2.15. The van der Waals surface area contributed by atoms with Crippen LogP contribution in [0, 0.1) is 6.92 Å². The van der Waals surface area contributed by atoms with Crippen LogP contribution >= 0.6 is 10.7 Å². The summed E-state index contributed by atoms with van der Waals surface area (Å²) in [4.78, 5) is -0.0403. The Labute approximate surface area is 123 Å². The molecule has 0 bridgehead atoms. The van der Waals surface area contributed by atoms with Crippen LogP contribution < -0.4 is 4.72 Å². The Hall–Kier alpha value is -0.830. The molecule has 1 rings (SSSR count). The van der Waals surface area contributed by atoms with Crippen LogP contribution in [0.15, 0.2) is 23.1 Å². The molecule has 1 N–H and O–H groups in total. The van der Waals surface area contributed by atoms with Crippen molar-refractivity contribution >= 4 is 35.4 Å². The van der Waals surface area contributed by atoms with Crippen LogP contribution in [0.1, 0.15) is 12.0 Å². The Kier molecular flexibility index (Phi) is 5.81. The molecule has 1 aromatic carbocycles. The Morgan fingerprint density at radius 2 is 1.90 bits per heavy atom. The van der Waals surface area contributed by atoms with Crippen LogP contribution in [0.4, 0.5) is 5.69 Å². The van der Waals surface area contributed by atoms with Crippen LogP contribution in [0.2, 0.25) is 0 Å². The fourth-order valence-electron chi connectivity index (χ4n) is 1.61. The number of methoxy groups -OCH3 is 1. The van der Waals surface area contributed by atoms with Gasteiger partial charge in [-0.25, -0.2) is 16.8 Å². The molecule has 0 atom stereocenters. The standard InChI is InChI=1S/C11H16ClNO5S2/c1-9-8-10(4-5-11(9)20(12,16)17)13-19(14,15)7-3-6-18-2/h4-5,8,13H,3,6-7H2,1-2H3. The zero-order chi connectivity index (χ0) is 15.4. The number of rotatable bonds is 7. The summed E-state index contributed by atoms with van der Waals surface area (Å²) in [6.07, 6.45) is 0.374. The van der Waals surface area contributed by atoms with Crippen molar-refractivity contribution in [1.29, 1.82) is 0 Å². The largest absolute Gasteiger partial charge is 0.385 e. The molecule has 6 nitrogen and oxygen atoms in total. The van der Waals surface area contributed by atoms with Gasteiger partial charge in [-0.1, -0.05) is 0 Å². The van der Waals surface area contributed by atoms with Crippen molar-refractivity contribution in [2.24, 2.45) is 0 Å². The predicted octanol–water partition coefficient (Wildman–Crippen LogP) is 1.70. The van der Waals surface area contributed by atoms with Crippen molar-refractivity contribution in [3.8, 4) is 0 Å². The minimum absolute atomic E-state index is 0.0403. The second-order valence-electron chi connectivity index (χ2n) is 4.19. The van der Waals surface area contributed by atoms with Crippen molar-refractivity contribution in [2.75, 3.05) is 24.2 Å². The zero-order valence-corrected chi connectivity index (χ0v) is 13.5. The molecule has 0 amide bonds. The fraction of sp³-hybridized carbons (Fsp3) is 0.455. The van der Waals surface area contributed by atoms with E-state index < -0.39 is 19.1 Å². The highest BCUT2D eigenvalue weighted by atomic mass is 35.7. The molecule has 0 heterocycles. The molecular formula is C11H16ClNO5S2. The normalized spacial score (nSPS) is 12.3. The lowest BCUT2D eigenvalue weighted by atomic mass is 10.2. The zero-order valence-electron chi connectivity index (χ0n) is 11.1. The summed E-state index contributed by atoms with van der Waals surface area (Å²) in [7, 11) is -0.569. The summed E-state index contributed by atoms with van der Waals surface area (Å²) in [5, 5.41) is 0. The molecule has 1 aromatic rings. The van der Waals surface area contributed by atoms with Gasteiger partial charge in [-0.2, -0.15) is 0 Å². The van der Waals surface area contributed by atoms with Crippen molar-refractivity contribution in [1.82, 2.24) is 0 Å². The average molecular weight is 342 g/mol. The van der Waals surface area contributed by atoms with Gasteiger partial charge >= 0.3 is 0 Å². The maximum Gasteiger partial charge on any atom is 0.261 e. The van der Waals surface area contributed by atoms with E-state index in [9.17, 15) is 16.8 Å². The molecule has 0 saturated heterocycles. The van der Waals surface area contributed by atoms with E-state index in [2.05, 4.69) is 4.72 Å². The molecule has 9 heteroatoms. The van der Waals surface area contributed by atoms with E-state index in [-0.39, 0.29) is 10.6 Å². The first-order valence-corrected chi connectivity index (χ1v) is 9.66. The molecule has 0 aliphatic carbocycles. The monoisotopic (exact) mass is 341 g/mol. The van der Waals surface area contributed by atoms with E-state index in [0.717, 1.165) is 0 Å². The molecule has 0 saturated carbocycles. The summed E-state index contributed by atoms with van der Waals surface area (Å²) in [5.74, 6) is -0.0740. The molecule has 114 valence electrons. The third kappa shape index (κ3) is 5.28. The first-order valence-electron chi connectivity index (χ1n) is 5.70. The third-order valence-electron chi connectivity index (χ3n) is 2.47. The number of aryl methyl sites for hydroxylation is 1. The van der Waals surface area contributed by atoms with Crippen molar-refractivity contribution in [2.45, 2.75) is 18.2 Å². The van der Waals surface area contributed by atoms with Gasteiger partial charge in [-0.15, -0.1) is 0 Å². The molecule has 20 heavy (non-hydrogen) atoms. The molecule has 0 spiro atoms. The topological polar surface area (TPSA) is 89.5 Å². The van der Waals surface area contributed by atoms with E-state index in [1.54, 1.807) is 0 Å². The quantitative estimate of drug-likeness (QED) is 0.602. The predicted molar refractivity (Wildman–Crippen MR) is 78.1 cm³/mol. The first-order chi connectivity index (χ1) is 9.15. The summed E-state index contributed by atoms with van der Waals surface area (Å²) in [5.41, 5.74) is 0.668. The molecule has 0 radical (unpaired) electrons. The van der Waals surface area contributed by atoms with E-state index in [4.69, 9.17) is 15.4 Å². The lowest BCUT2D eigenvalue weighted by Gasteiger charge is -2.10. The Balaban J connectivity index is 2.87. The van der Waals surface area contributed by atoms with Gasteiger partial charge in [0.05, 0.1) is 10.6 Å². The van der Waals surface area contributed by atoms with Gasteiger partial charge in [0.2, 0.25) is 10.0 Å².